The van der Waals surface area contributed by atoms with Gasteiger partial charge in [0.1, 0.15) is 0 Å². The number of nitrogen functional groups attached to an aromatic ring is 2. The van der Waals surface area contributed by atoms with Crippen molar-refractivity contribution < 1.29 is 0 Å². The van der Waals surface area contributed by atoms with Gasteiger partial charge in [0.05, 0.1) is 0 Å². The molecule has 0 aliphatic carbocycles. The summed E-state index contributed by atoms with van der Waals surface area (Å²) in [5.41, 5.74) is 25.5. The monoisotopic (exact) mass is 813 g/mol. The van der Waals surface area contributed by atoms with Gasteiger partial charge < -0.3 is 11.5 Å². The molecule has 0 aromatic heterocycles. The molecule has 330 valence electrons. The van der Waals surface area contributed by atoms with Crippen LogP contribution in [0, 0.1) is 13.8 Å². The number of nitrogens with two attached hydrogens (primary N) is 2. The highest BCUT2D eigenvalue weighted by Gasteiger charge is 2.18. The van der Waals surface area contributed by atoms with Gasteiger partial charge in [0, 0.05) is 23.2 Å². The first-order valence-electron chi connectivity index (χ1n) is 25.3. The molecule has 0 aliphatic rings. The first kappa shape index (κ1) is 49.1. The molecule has 0 radical (unpaired) electrons. The maximum Gasteiger partial charge on any atom is 0.0316 e. The van der Waals surface area contributed by atoms with E-state index in [0.717, 1.165) is 11.4 Å². The zero-order chi connectivity index (χ0) is 42.6. The van der Waals surface area contributed by atoms with Gasteiger partial charge in [-0.05, 0) is 121 Å². The first-order chi connectivity index (χ1) is 29.4. The van der Waals surface area contributed by atoms with Crippen molar-refractivity contribution in [1.29, 1.82) is 0 Å². The predicted octanol–water partition coefficient (Wildman–Crippen LogP) is 17.7. The van der Waals surface area contributed by atoms with Crippen molar-refractivity contribution in [1.82, 2.24) is 0 Å². The van der Waals surface area contributed by atoms with E-state index in [-0.39, 0.29) is 0 Å². The van der Waals surface area contributed by atoms with E-state index in [9.17, 15) is 0 Å². The van der Waals surface area contributed by atoms with Gasteiger partial charge in [-0.1, -0.05) is 216 Å². The van der Waals surface area contributed by atoms with Crippen LogP contribution in [0.25, 0.3) is 0 Å². The Hall–Kier alpha value is -3.52. The molecule has 4 aromatic rings. The highest BCUT2D eigenvalue weighted by Crippen LogP contribution is 2.35. The number of aryl methyl sites for hydroxylation is 4. The summed E-state index contributed by atoms with van der Waals surface area (Å²) in [6.45, 7) is 9.07. The summed E-state index contributed by atoms with van der Waals surface area (Å²) < 4.78 is 0. The van der Waals surface area contributed by atoms with Crippen LogP contribution in [0.1, 0.15) is 237 Å². The van der Waals surface area contributed by atoms with E-state index in [2.05, 4.69) is 113 Å². The smallest absolute Gasteiger partial charge is 0.0316 e. The summed E-state index contributed by atoms with van der Waals surface area (Å²) >= 11 is 0. The molecule has 0 saturated carbocycles. The van der Waals surface area contributed by atoms with Crippen LogP contribution in [-0.2, 0) is 12.8 Å². The Labute approximate surface area is 370 Å². The number of benzene rings is 4. The lowest BCUT2D eigenvalue weighted by Crippen LogP contribution is -2.05. The summed E-state index contributed by atoms with van der Waals surface area (Å²) in [6.07, 6.45) is 37.4. The lowest BCUT2D eigenvalue weighted by atomic mass is 9.84. The summed E-state index contributed by atoms with van der Waals surface area (Å²) in [5.74, 6) is 0.912. The third-order valence-electron chi connectivity index (χ3n) is 13.5. The number of hydrogen-bond donors (Lipinski definition) is 2. The fraction of sp³-hybridized carbons (Fsp3) is 0.586. The van der Waals surface area contributed by atoms with E-state index < -0.39 is 0 Å². The molecule has 4 rings (SSSR count). The van der Waals surface area contributed by atoms with E-state index in [0.29, 0.717) is 11.8 Å². The van der Waals surface area contributed by atoms with Crippen LogP contribution < -0.4 is 11.5 Å². The van der Waals surface area contributed by atoms with Crippen molar-refractivity contribution in [3.05, 3.63) is 129 Å². The number of rotatable bonds is 33. The fourth-order valence-corrected chi connectivity index (χ4v) is 9.70. The molecule has 0 fully saturated rings. The highest BCUT2D eigenvalue weighted by molar-refractivity contribution is 5.49. The average molecular weight is 813 g/mol. The summed E-state index contributed by atoms with van der Waals surface area (Å²) in [5, 5.41) is 0. The summed E-state index contributed by atoms with van der Waals surface area (Å²) in [4.78, 5) is 0. The molecule has 2 atom stereocenters. The quantitative estimate of drug-likeness (QED) is 0.0372. The Morgan fingerprint density at radius 1 is 0.350 bits per heavy atom. The molecule has 4 N–H and O–H groups in total. The highest BCUT2D eigenvalue weighted by atomic mass is 14.5. The molecule has 4 aromatic carbocycles. The minimum absolute atomic E-state index is 0.456. The van der Waals surface area contributed by atoms with Crippen molar-refractivity contribution >= 4 is 11.4 Å². The number of hydrogen-bond acceptors (Lipinski definition) is 2. The van der Waals surface area contributed by atoms with Gasteiger partial charge in [-0.15, -0.1) is 0 Å². The fourth-order valence-electron chi connectivity index (χ4n) is 9.70. The van der Waals surface area contributed by atoms with Gasteiger partial charge in [-0.3, -0.25) is 0 Å². The minimum atomic E-state index is 0.456. The SMILES string of the molecule is CCCCCCCCCCC(c1ccc(CCCCCCCCCCc2ccc(C(CCCCCCCCCC)c3ccc(N)cc3C)cc2)cc1)c1ccc(N)cc1C. The van der Waals surface area contributed by atoms with Crippen LogP contribution >= 0.6 is 0 Å². The Bertz CT molecular complexity index is 1560. The lowest BCUT2D eigenvalue weighted by Gasteiger charge is -2.21. The third-order valence-corrected chi connectivity index (χ3v) is 13.5. The van der Waals surface area contributed by atoms with Crippen LogP contribution in [0.5, 0.6) is 0 Å². The van der Waals surface area contributed by atoms with Gasteiger partial charge in [-0.2, -0.15) is 0 Å². The molecular formula is C58H88N2. The molecule has 2 heteroatoms. The minimum Gasteiger partial charge on any atom is -0.399 e. The summed E-state index contributed by atoms with van der Waals surface area (Å²) in [7, 11) is 0. The molecule has 2 unspecified atom stereocenters. The lowest BCUT2D eigenvalue weighted by molar-refractivity contribution is 0.550. The van der Waals surface area contributed by atoms with Gasteiger partial charge in [0.2, 0.25) is 0 Å². The van der Waals surface area contributed by atoms with E-state index in [1.54, 1.807) is 0 Å². The Kier molecular flexibility index (Phi) is 24.3. The van der Waals surface area contributed by atoms with Crippen LogP contribution in [0.4, 0.5) is 11.4 Å². The molecule has 0 aliphatic heterocycles. The maximum absolute atomic E-state index is 6.15. The standard InChI is InChI=1S/C58H88N2/c1-5-7-9-11-13-19-23-27-31-57(55-43-41-53(59)45-47(55)3)51-37-33-49(34-38-51)29-25-21-17-15-16-18-22-26-30-50-35-39-52(40-36-50)58(56-44-42-54(60)46-48(56)4)32-28-24-20-14-12-10-8-6-2/h33-46,57-58H,5-32,59-60H2,1-4H3. The second kappa shape index (κ2) is 29.7. The Morgan fingerprint density at radius 2 is 0.650 bits per heavy atom. The van der Waals surface area contributed by atoms with Crippen LogP contribution in [0.3, 0.4) is 0 Å². The molecule has 0 saturated heterocycles. The van der Waals surface area contributed by atoms with Crippen LogP contribution in [-0.4, -0.2) is 0 Å². The topological polar surface area (TPSA) is 52.0 Å². The Balaban J connectivity index is 1.11. The molecular weight excluding hydrogens is 725 g/mol. The average Bonchev–Trinajstić information content (AvgIpc) is 3.25. The van der Waals surface area contributed by atoms with E-state index >= 15 is 0 Å². The van der Waals surface area contributed by atoms with Crippen LogP contribution in [0.15, 0.2) is 84.9 Å². The van der Waals surface area contributed by atoms with Crippen molar-refractivity contribution in [2.24, 2.45) is 0 Å². The normalized spacial score (nSPS) is 12.5. The maximum atomic E-state index is 6.15. The third kappa shape index (κ3) is 18.6. The zero-order valence-corrected chi connectivity index (χ0v) is 39.2. The Morgan fingerprint density at radius 3 is 0.967 bits per heavy atom. The van der Waals surface area contributed by atoms with Crippen molar-refractivity contribution in [2.75, 3.05) is 11.5 Å². The molecule has 2 nitrogen and oxygen atoms in total. The molecule has 60 heavy (non-hydrogen) atoms. The number of anilines is 2. The zero-order valence-electron chi connectivity index (χ0n) is 39.2. The van der Waals surface area contributed by atoms with Crippen molar-refractivity contribution in [3.63, 3.8) is 0 Å². The van der Waals surface area contributed by atoms with Gasteiger partial charge in [-0.25, -0.2) is 0 Å². The van der Waals surface area contributed by atoms with Crippen molar-refractivity contribution in [3.8, 4) is 0 Å². The van der Waals surface area contributed by atoms with Gasteiger partial charge in [0.15, 0.2) is 0 Å². The molecule has 0 bridgehead atoms. The molecule has 0 spiro atoms. The summed E-state index contributed by atoms with van der Waals surface area (Å²) in [6, 6.07) is 32.4. The second-order valence-corrected chi connectivity index (χ2v) is 18.7. The molecule has 0 amide bonds. The van der Waals surface area contributed by atoms with Crippen LogP contribution in [0.2, 0.25) is 0 Å². The van der Waals surface area contributed by atoms with E-state index in [1.165, 1.54) is 224 Å². The predicted molar refractivity (Wildman–Crippen MR) is 267 cm³/mol. The number of unbranched alkanes of at least 4 members (excludes halogenated alkanes) is 21. The second-order valence-electron chi connectivity index (χ2n) is 18.7. The van der Waals surface area contributed by atoms with Crippen molar-refractivity contribution in [2.45, 2.75) is 219 Å². The van der Waals surface area contributed by atoms with E-state index in [1.807, 2.05) is 0 Å². The van der Waals surface area contributed by atoms with E-state index in [4.69, 9.17) is 11.5 Å². The van der Waals surface area contributed by atoms with Gasteiger partial charge in [0.25, 0.3) is 0 Å². The molecule has 0 heterocycles. The van der Waals surface area contributed by atoms with Gasteiger partial charge >= 0.3 is 0 Å². The first-order valence-corrected chi connectivity index (χ1v) is 25.3. The largest absolute Gasteiger partial charge is 0.399 e.